The summed E-state index contributed by atoms with van der Waals surface area (Å²) in [6.45, 7) is 5.37. The van der Waals surface area contributed by atoms with E-state index >= 15 is 0 Å². The molecule has 0 aliphatic heterocycles. The number of nitrogens with one attached hydrogen (secondary N) is 1. The Labute approximate surface area is 199 Å². The van der Waals surface area contributed by atoms with Gasteiger partial charge < -0.3 is 24.1 Å². The summed E-state index contributed by atoms with van der Waals surface area (Å²) in [5.74, 6) is 2.63. The Morgan fingerprint density at radius 3 is 2.35 bits per heavy atom. The van der Waals surface area contributed by atoms with Crippen LogP contribution in [0.15, 0.2) is 78.9 Å². The van der Waals surface area contributed by atoms with E-state index in [0.717, 1.165) is 22.6 Å². The third-order valence-electron chi connectivity index (χ3n) is 5.28. The summed E-state index contributed by atoms with van der Waals surface area (Å²) in [7, 11) is 0. The summed E-state index contributed by atoms with van der Waals surface area (Å²) in [6.07, 6.45) is 0. The first-order chi connectivity index (χ1) is 16.7. The van der Waals surface area contributed by atoms with Crippen LogP contribution in [0, 0.1) is 0 Å². The lowest BCUT2D eigenvalue weighted by molar-refractivity contribution is -0.123. The van der Waals surface area contributed by atoms with Gasteiger partial charge in [-0.25, -0.2) is 4.98 Å². The third kappa shape index (κ3) is 5.67. The first-order valence-corrected chi connectivity index (χ1v) is 11.4. The predicted molar refractivity (Wildman–Crippen MR) is 131 cm³/mol. The quantitative estimate of drug-likeness (QED) is 0.350. The maximum absolute atomic E-state index is 12.5. The van der Waals surface area contributed by atoms with Gasteiger partial charge in [-0.3, -0.25) is 4.79 Å². The van der Waals surface area contributed by atoms with Gasteiger partial charge in [0.05, 0.1) is 30.2 Å². The number of carbonyl (C=O) groups excluding carboxylic acids is 1. The molecule has 4 aromatic rings. The minimum atomic E-state index is -0.310. The molecule has 176 valence electrons. The summed E-state index contributed by atoms with van der Waals surface area (Å²) in [5.41, 5.74) is 1.86. The zero-order valence-corrected chi connectivity index (χ0v) is 19.4. The van der Waals surface area contributed by atoms with Crippen LogP contribution in [0.1, 0.15) is 25.7 Å². The Hall–Kier alpha value is -4.00. The van der Waals surface area contributed by atoms with Crippen molar-refractivity contribution in [3.05, 3.63) is 84.7 Å². The van der Waals surface area contributed by atoms with Crippen molar-refractivity contribution in [1.82, 2.24) is 14.9 Å². The highest BCUT2D eigenvalue weighted by atomic mass is 16.5. The molecule has 1 aromatic heterocycles. The van der Waals surface area contributed by atoms with Crippen LogP contribution in [0.25, 0.3) is 11.0 Å². The number of benzene rings is 3. The second-order valence-corrected chi connectivity index (χ2v) is 7.73. The molecule has 1 amide bonds. The Bertz CT molecular complexity index is 1220. The second-order valence-electron chi connectivity index (χ2n) is 7.73. The molecule has 0 aliphatic rings. The van der Waals surface area contributed by atoms with Crippen LogP contribution < -0.4 is 19.5 Å². The monoisotopic (exact) mass is 459 g/mol. The fourth-order valence-electron chi connectivity index (χ4n) is 3.76. The molecule has 3 aromatic carbocycles. The maximum Gasteiger partial charge on any atom is 0.258 e. The van der Waals surface area contributed by atoms with Gasteiger partial charge in [-0.2, -0.15) is 0 Å². The number of aromatic nitrogens is 2. The molecule has 0 spiro atoms. The van der Waals surface area contributed by atoms with E-state index in [1.165, 1.54) is 0 Å². The number of nitrogens with zero attached hydrogens (tertiary/aromatic N) is 2. The average Bonchev–Trinajstić information content (AvgIpc) is 3.23. The van der Waals surface area contributed by atoms with Gasteiger partial charge in [-0.1, -0.05) is 42.5 Å². The Morgan fingerprint density at radius 2 is 1.59 bits per heavy atom. The van der Waals surface area contributed by atoms with E-state index in [1.54, 1.807) is 0 Å². The molecule has 0 bridgehead atoms. The zero-order chi connectivity index (χ0) is 23.8. The number of ether oxygens (including phenoxy) is 3. The standard InChI is InChI=1S/C27H29N3O4/c1-3-32-24-15-9-10-16-25(24)33-18-17-30-23-14-8-7-13-22(23)29-27(30)20(2)28-26(31)19-34-21-11-5-4-6-12-21/h4-16,20H,3,17-19H2,1-2H3,(H,28,31). The van der Waals surface area contributed by atoms with E-state index in [4.69, 9.17) is 19.2 Å². The topological polar surface area (TPSA) is 74.6 Å². The van der Waals surface area contributed by atoms with Gasteiger partial charge in [0.1, 0.15) is 18.2 Å². The molecule has 0 fully saturated rings. The fraction of sp³-hybridized carbons (Fsp3) is 0.259. The van der Waals surface area contributed by atoms with Gasteiger partial charge in [0.2, 0.25) is 0 Å². The summed E-state index contributed by atoms with van der Waals surface area (Å²) in [6, 6.07) is 24.5. The Balaban J connectivity index is 1.45. The van der Waals surface area contributed by atoms with Crippen LogP contribution >= 0.6 is 0 Å². The number of hydrogen-bond donors (Lipinski definition) is 1. The summed E-state index contributed by atoms with van der Waals surface area (Å²) >= 11 is 0. The van der Waals surface area contributed by atoms with E-state index in [2.05, 4.69) is 9.88 Å². The zero-order valence-electron chi connectivity index (χ0n) is 19.4. The molecule has 0 saturated heterocycles. The SMILES string of the molecule is CCOc1ccccc1OCCn1c(C(C)NC(=O)COc2ccccc2)nc2ccccc21. The van der Waals surface area contributed by atoms with Crippen LogP contribution in [0.3, 0.4) is 0 Å². The third-order valence-corrected chi connectivity index (χ3v) is 5.28. The fourth-order valence-corrected chi connectivity index (χ4v) is 3.76. The van der Waals surface area contributed by atoms with E-state index in [9.17, 15) is 4.79 Å². The molecule has 1 N–H and O–H groups in total. The van der Waals surface area contributed by atoms with E-state index in [0.29, 0.717) is 31.3 Å². The van der Waals surface area contributed by atoms with Crippen molar-refractivity contribution in [2.75, 3.05) is 19.8 Å². The smallest absolute Gasteiger partial charge is 0.258 e. The number of fused-ring (bicyclic) bond motifs is 1. The summed E-state index contributed by atoms with van der Waals surface area (Å²) in [5, 5.41) is 2.99. The molecule has 7 nitrogen and oxygen atoms in total. The Morgan fingerprint density at radius 1 is 0.912 bits per heavy atom. The van der Waals surface area contributed by atoms with Gasteiger partial charge in [-0.05, 0) is 50.2 Å². The van der Waals surface area contributed by atoms with Gasteiger partial charge in [0.15, 0.2) is 18.1 Å². The van der Waals surface area contributed by atoms with Crippen molar-refractivity contribution < 1.29 is 19.0 Å². The maximum atomic E-state index is 12.5. The highest BCUT2D eigenvalue weighted by molar-refractivity contribution is 5.79. The molecular weight excluding hydrogens is 430 g/mol. The van der Waals surface area contributed by atoms with Gasteiger partial charge in [0.25, 0.3) is 5.91 Å². The highest BCUT2D eigenvalue weighted by Crippen LogP contribution is 2.27. The lowest BCUT2D eigenvalue weighted by Gasteiger charge is -2.17. The predicted octanol–water partition coefficient (Wildman–Crippen LogP) is 4.77. The molecule has 0 saturated carbocycles. The van der Waals surface area contributed by atoms with E-state index < -0.39 is 0 Å². The first kappa shape index (κ1) is 23.2. The van der Waals surface area contributed by atoms with E-state index in [1.807, 2.05) is 92.7 Å². The molecule has 1 atom stereocenters. The highest BCUT2D eigenvalue weighted by Gasteiger charge is 2.19. The van der Waals surface area contributed by atoms with Crippen LogP contribution in [-0.2, 0) is 11.3 Å². The largest absolute Gasteiger partial charge is 0.490 e. The normalized spacial score (nSPS) is 11.7. The molecule has 7 heteroatoms. The van der Waals surface area contributed by atoms with Crippen molar-refractivity contribution in [1.29, 1.82) is 0 Å². The molecular formula is C27H29N3O4. The molecule has 4 rings (SSSR count). The number of imidazole rings is 1. The van der Waals surface area contributed by atoms with Crippen LogP contribution in [0.4, 0.5) is 0 Å². The van der Waals surface area contributed by atoms with Gasteiger partial charge in [0, 0.05) is 0 Å². The van der Waals surface area contributed by atoms with Crippen molar-refractivity contribution in [2.45, 2.75) is 26.4 Å². The first-order valence-electron chi connectivity index (χ1n) is 11.4. The molecule has 1 unspecified atom stereocenters. The lowest BCUT2D eigenvalue weighted by atomic mass is 10.3. The van der Waals surface area contributed by atoms with Crippen molar-refractivity contribution in [3.8, 4) is 17.2 Å². The van der Waals surface area contributed by atoms with Crippen LogP contribution in [0.5, 0.6) is 17.2 Å². The van der Waals surface area contributed by atoms with Gasteiger partial charge in [-0.15, -0.1) is 0 Å². The summed E-state index contributed by atoms with van der Waals surface area (Å²) in [4.78, 5) is 17.3. The molecule has 1 heterocycles. The number of para-hydroxylation sites is 5. The molecule has 34 heavy (non-hydrogen) atoms. The summed E-state index contributed by atoms with van der Waals surface area (Å²) < 4.78 is 19.3. The van der Waals surface area contributed by atoms with Crippen molar-refractivity contribution in [2.24, 2.45) is 0 Å². The van der Waals surface area contributed by atoms with E-state index in [-0.39, 0.29) is 18.6 Å². The Kier molecular flexibility index (Phi) is 7.65. The molecule has 0 radical (unpaired) electrons. The second kappa shape index (κ2) is 11.2. The van der Waals surface area contributed by atoms with Gasteiger partial charge >= 0.3 is 0 Å². The van der Waals surface area contributed by atoms with Crippen molar-refractivity contribution >= 4 is 16.9 Å². The number of amides is 1. The van der Waals surface area contributed by atoms with Crippen LogP contribution in [-0.4, -0.2) is 35.3 Å². The molecule has 0 aliphatic carbocycles. The minimum Gasteiger partial charge on any atom is -0.490 e. The van der Waals surface area contributed by atoms with Crippen LogP contribution in [0.2, 0.25) is 0 Å². The van der Waals surface area contributed by atoms with Crippen molar-refractivity contribution in [3.63, 3.8) is 0 Å². The lowest BCUT2D eigenvalue weighted by Crippen LogP contribution is -2.33. The number of rotatable bonds is 11. The number of hydrogen-bond acceptors (Lipinski definition) is 5. The minimum absolute atomic E-state index is 0.0636. The average molecular weight is 460 g/mol. The number of carbonyl (C=O) groups is 1.